The molecular weight excluding hydrogens is 330 g/mol. The number of phenolic OH excluding ortho intramolecular Hbond substituents is 1. The molecule has 0 amide bonds. The molecule has 0 atom stereocenters. The number of aryl methyl sites for hydroxylation is 1. The summed E-state index contributed by atoms with van der Waals surface area (Å²) in [4.78, 5) is 30.1. The van der Waals surface area contributed by atoms with Crippen molar-refractivity contribution in [2.45, 2.75) is 26.4 Å². The molecule has 0 unspecified atom stereocenters. The normalized spacial score (nSPS) is 14.2. The maximum absolute atomic E-state index is 12.6. The lowest BCUT2D eigenvalue weighted by molar-refractivity contribution is 0.238. The zero-order valence-electron chi connectivity index (χ0n) is 14.4. The maximum atomic E-state index is 12.6. The number of nitrogens with zero attached hydrogens (tertiary/aromatic N) is 4. The highest BCUT2D eigenvalue weighted by Crippen LogP contribution is 2.23. The number of fused-ring (bicyclic) bond motifs is 1. The molecule has 0 bridgehead atoms. The quantitative estimate of drug-likeness (QED) is 0.749. The smallest absolute Gasteiger partial charge is 0.255 e. The summed E-state index contributed by atoms with van der Waals surface area (Å²) in [5.41, 5.74) is 4.04. The van der Waals surface area contributed by atoms with Gasteiger partial charge in [0.05, 0.1) is 16.8 Å². The van der Waals surface area contributed by atoms with Gasteiger partial charge in [-0.2, -0.15) is 0 Å². The summed E-state index contributed by atoms with van der Waals surface area (Å²) < 4.78 is 0. The van der Waals surface area contributed by atoms with Gasteiger partial charge in [0, 0.05) is 44.0 Å². The molecule has 4 rings (SSSR count). The van der Waals surface area contributed by atoms with Crippen molar-refractivity contribution in [3.8, 4) is 17.1 Å². The Morgan fingerprint density at radius 3 is 2.88 bits per heavy atom. The first-order chi connectivity index (χ1) is 12.6. The lowest BCUT2D eigenvalue weighted by Gasteiger charge is -2.28. The first kappa shape index (κ1) is 16.4. The Balaban J connectivity index is 1.59. The Morgan fingerprint density at radius 1 is 1.27 bits per heavy atom. The van der Waals surface area contributed by atoms with E-state index in [1.54, 1.807) is 18.5 Å². The second-order valence-electron chi connectivity index (χ2n) is 6.56. The van der Waals surface area contributed by atoms with Crippen LogP contribution in [0, 0.1) is 6.92 Å². The summed E-state index contributed by atoms with van der Waals surface area (Å²) in [5, 5.41) is 10.1. The second kappa shape index (κ2) is 6.68. The van der Waals surface area contributed by atoms with E-state index >= 15 is 0 Å². The molecule has 26 heavy (non-hydrogen) atoms. The van der Waals surface area contributed by atoms with Crippen LogP contribution in [0.15, 0.2) is 41.7 Å². The van der Waals surface area contributed by atoms with E-state index in [-0.39, 0.29) is 11.3 Å². The molecular formula is C19H19N5O2. The molecule has 0 fully saturated rings. The highest BCUT2D eigenvalue weighted by Gasteiger charge is 2.22. The zero-order valence-corrected chi connectivity index (χ0v) is 14.4. The van der Waals surface area contributed by atoms with Gasteiger partial charge in [-0.25, -0.2) is 15.0 Å². The van der Waals surface area contributed by atoms with E-state index in [1.807, 2.05) is 19.1 Å². The third-order valence-electron chi connectivity index (χ3n) is 4.61. The molecule has 0 saturated carbocycles. The van der Waals surface area contributed by atoms with Crippen LogP contribution in [0.2, 0.25) is 0 Å². The Labute approximate surface area is 150 Å². The minimum Gasteiger partial charge on any atom is -0.508 e. The van der Waals surface area contributed by atoms with Gasteiger partial charge in [0.1, 0.15) is 17.9 Å². The van der Waals surface area contributed by atoms with Crippen LogP contribution in [0.5, 0.6) is 5.75 Å². The fraction of sp³-hybridized carbons (Fsp3) is 0.263. The Hall–Kier alpha value is -3.06. The van der Waals surface area contributed by atoms with Crippen LogP contribution in [-0.4, -0.2) is 36.5 Å². The zero-order chi connectivity index (χ0) is 18.1. The fourth-order valence-electron chi connectivity index (χ4n) is 3.26. The predicted molar refractivity (Wildman–Crippen MR) is 96.5 cm³/mol. The summed E-state index contributed by atoms with van der Waals surface area (Å²) in [6, 6.07) is 5.57. The van der Waals surface area contributed by atoms with Crippen LogP contribution in [0.25, 0.3) is 11.4 Å². The predicted octanol–water partition coefficient (Wildman–Crippen LogP) is 1.80. The largest absolute Gasteiger partial charge is 0.508 e. The Morgan fingerprint density at radius 2 is 2.08 bits per heavy atom. The van der Waals surface area contributed by atoms with Gasteiger partial charge in [-0.1, -0.05) is 17.7 Å². The van der Waals surface area contributed by atoms with Gasteiger partial charge in [0.2, 0.25) is 0 Å². The minimum absolute atomic E-state index is 0.132. The highest BCUT2D eigenvalue weighted by molar-refractivity contribution is 5.52. The Kier molecular flexibility index (Phi) is 4.22. The maximum Gasteiger partial charge on any atom is 0.255 e. The number of H-pyrrole nitrogens is 1. The number of hydrogen-bond acceptors (Lipinski definition) is 6. The van der Waals surface area contributed by atoms with Crippen LogP contribution in [0.3, 0.4) is 0 Å². The molecule has 0 radical (unpaired) electrons. The summed E-state index contributed by atoms with van der Waals surface area (Å²) in [5.74, 6) is 0.784. The molecule has 1 aromatic carbocycles. The molecule has 3 aromatic rings. The van der Waals surface area contributed by atoms with Crippen molar-refractivity contribution >= 4 is 0 Å². The third-order valence-corrected chi connectivity index (χ3v) is 4.61. The van der Waals surface area contributed by atoms with Gasteiger partial charge in [0.15, 0.2) is 0 Å². The molecule has 0 aliphatic carbocycles. The molecule has 7 heteroatoms. The standard InChI is InChI=1S/C19H19N5O2/c1-12-2-3-17(25)13(6-12)9-24-5-4-16-15(10-24)19(26)23-18(22-16)14-7-20-11-21-8-14/h2-3,6-8,11,25H,4-5,9-10H2,1H3,(H,22,23,26). The fourth-order valence-corrected chi connectivity index (χ4v) is 3.26. The molecule has 1 aliphatic rings. The highest BCUT2D eigenvalue weighted by atomic mass is 16.3. The number of aromatic amines is 1. The van der Waals surface area contributed by atoms with E-state index in [2.05, 4.69) is 24.8 Å². The number of hydrogen-bond donors (Lipinski definition) is 2. The first-order valence-electron chi connectivity index (χ1n) is 8.48. The minimum atomic E-state index is -0.132. The van der Waals surface area contributed by atoms with Crippen molar-refractivity contribution < 1.29 is 5.11 Å². The Bertz CT molecular complexity index is 1000. The molecule has 2 N–H and O–H groups in total. The van der Waals surface area contributed by atoms with Crippen molar-refractivity contribution in [2.24, 2.45) is 0 Å². The van der Waals surface area contributed by atoms with E-state index in [4.69, 9.17) is 0 Å². The number of aromatic hydroxyl groups is 1. The van der Waals surface area contributed by atoms with Gasteiger partial charge >= 0.3 is 0 Å². The van der Waals surface area contributed by atoms with Crippen LogP contribution < -0.4 is 5.56 Å². The van der Waals surface area contributed by atoms with E-state index < -0.39 is 0 Å². The molecule has 2 aromatic heterocycles. The SMILES string of the molecule is Cc1ccc(O)c(CN2CCc3nc(-c4cncnc4)[nH]c(=O)c3C2)c1. The second-order valence-corrected chi connectivity index (χ2v) is 6.56. The number of rotatable bonds is 3. The summed E-state index contributed by atoms with van der Waals surface area (Å²) in [6.45, 7) is 3.89. The van der Waals surface area contributed by atoms with Crippen LogP contribution in [0.1, 0.15) is 22.4 Å². The van der Waals surface area contributed by atoms with Crippen molar-refractivity contribution in [1.82, 2.24) is 24.8 Å². The van der Waals surface area contributed by atoms with Gasteiger partial charge < -0.3 is 10.1 Å². The lowest BCUT2D eigenvalue weighted by atomic mass is 10.0. The topological polar surface area (TPSA) is 95.0 Å². The van der Waals surface area contributed by atoms with Gasteiger partial charge in [-0.05, 0) is 13.0 Å². The number of nitrogens with one attached hydrogen (secondary N) is 1. The monoisotopic (exact) mass is 349 g/mol. The average Bonchev–Trinajstić information content (AvgIpc) is 2.66. The summed E-state index contributed by atoms with van der Waals surface area (Å²) in [7, 11) is 0. The molecule has 7 nitrogen and oxygen atoms in total. The van der Waals surface area contributed by atoms with E-state index in [1.165, 1.54) is 6.33 Å². The van der Waals surface area contributed by atoms with Crippen molar-refractivity contribution in [3.63, 3.8) is 0 Å². The lowest BCUT2D eigenvalue weighted by Crippen LogP contribution is -2.35. The molecule has 1 aliphatic heterocycles. The molecule has 3 heterocycles. The van der Waals surface area contributed by atoms with Gasteiger partial charge in [-0.3, -0.25) is 9.69 Å². The summed E-state index contributed by atoms with van der Waals surface area (Å²) in [6.07, 6.45) is 5.39. The van der Waals surface area contributed by atoms with E-state index in [0.717, 1.165) is 23.4 Å². The molecule has 0 saturated heterocycles. The van der Waals surface area contributed by atoms with Gasteiger partial charge in [0.25, 0.3) is 5.56 Å². The molecule has 132 valence electrons. The van der Waals surface area contributed by atoms with Gasteiger partial charge in [-0.15, -0.1) is 0 Å². The van der Waals surface area contributed by atoms with Crippen molar-refractivity contribution in [2.75, 3.05) is 6.54 Å². The number of benzene rings is 1. The van der Waals surface area contributed by atoms with Crippen LogP contribution in [0.4, 0.5) is 0 Å². The van der Waals surface area contributed by atoms with Crippen molar-refractivity contribution in [3.05, 3.63) is 69.7 Å². The average molecular weight is 349 g/mol. The number of phenols is 1. The van der Waals surface area contributed by atoms with E-state index in [9.17, 15) is 9.90 Å². The number of aromatic nitrogens is 4. The first-order valence-corrected chi connectivity index (χ1v) is 8.48. The van der Waals surface area contributed by atoms with Crippen molar-refractivity contribution in [1.29, 1.82) is 0 Å². The van der Waals surface area contributed by atoms with E-state index in [0.29, 0.717) is 36.5 Å². The summed E-state index contributed by atoms with van der Waals surface area (Å²) >= 11 is 0. The van der Waals surface area contributed by atoms with Crippen LogP contribution in [-0.2, 0) is 19.5 Å². The van der Waals surface area contributed by atoms with Crippen LogP contribution >= 0.6 is 0 Å². The molecule has 0 spiro atoms. The third kappa shape index (κ3) is 3.21.